The van der Waals surface area contributed by atoms with E-state index in [0.717, 1.165) is 0 Å². The van der Waals surface area contributed by atoms with Crippen molar-refractivity contribution in [2.24, 2.45) is 5.73 Å². The van der Waals surface area contributed by atoms with E-state index in [4.69, 9.17) is 11.5 Å². The van der Waals surface area contributed by atoms with Crippen molar-refractivity contribution in [1.29, 1.82) is 0 Å². The molecule has 0 bridgehead atoms. The zero-order chi connectivity index (χ0) is 13.6. The Bertz CT molecular complexity index is 516. The molecule has 0 aliphatic carbocycles. The number of sulfonamides is 1. The maximum atomic E-state index is 11.7. The van der Waals surface area contributed by atoms with E-state index in [-0.39, 0.29) is 18.8 Å². The molecule has 8 heteroatoms. The lowest BCUT2D eigenvalue weighted by atomic mass is 10.2. The van der Waals surface area contributed by atoms with Crippen molar-refractivity contribution < 1.29 is 13.2 Å². The first-order valence-electron chi connectivity index (χ1n) is 5.25. The summed E-state index contributed by atoms with van der Waals surface area (Å²) < 4.78 is 25.7. The molecular formula is C10H16N4O3S. The molecule has 0 radical (unpaired) electrons. The highest BCUT2D eigenvalue weighted by atomic mass is 32.2. The Hall–Kier alpha value is -1.80. The maximum Gasteiger partial charge on any atom is 0.312 e. The van der Waals surface area contributed by atoms with Crippen molar-refractivity contribution in [3.63, 3.8) is 0 Å². The van der Waals surface area contributed by atoms with Crippen molar-refractivity contribution in [2.45, 2.75) is 5.75 Å². The summed E-state index contributed by atoms with van der Waals surface area (Å²) in [7, 11) is -3.48. The van der Waals surface area contributed by atoms with Crippen LogP contribution in [0.5, 0.6) is 0 Å². The van der Waals surface area contributed by atoms with Crippen LogP contribution in [0.25, 0.3) is 0 Å². The molecular weight excluding hydrogens is 256 g/mol. The summed E-state index contributed by atoms with van der Waals surface area (Å²) in [5.41, 5.74) is 11.5. The number of amides is 2. The third-order valence-electron chi connectivity index (χ3n) is 2.15. The van der Waals surface area contributed by atoms with Gasteiger partial charge in [-0.3, -0.25) is 0 Å². The number of primary amides is 1. The van der Waals surface area contributed by atoms with Crippen molar-refractivity contribution in [3.05, 3.63) is 29.8 Å². The number of carbonyl (C=O) groups is 1. The highest BCUT2D eigenvalue weighted by Gasteiger charge is 2.12. The van der Waals surface area contributed by atoms with Gasteiger partial charge < -0.3 is 16.8 Å². The number of nitrogens with two attached hydrogens (primary N) is 2. The Morgan fingerprint density at radius 2 is 1.89 bits per heavy atom. The third-order valence-corrected chi connectivity index (χ3v) is 3.48. The summed E-state index contributed by atoms with van der Waals surface area (Å²) in [6.45, 7) is 0.219. The molecule has 7 nitrogen and oxygen atoms in total. The van der Waals surface area contributed by atoms with Crippen molar-refractivity contribution in [3.8, 4) is 0 Å². The van der Waals surface area contributed by atoms with Crippen LogP contribution in [-0.2, 0) is 15.8 Å². The molecule has 0 unspecified atom stereocenters. The second-order valence-corrected chi connectivity index (χ2v) is 5.45. The van der Waals surface area contributed by atoms with E-state index < -0.39 is 16.1 Å². The summed E-state index contributed by atoms with van der Waals surface area (Å²) >= 11 is 0. The molecule has 2 amide bonds. The summed E-state index contributed by atoms with van der Waals surface area (Å²) in [6, 6.07) is 6.04. The Morgan fingerprint density at radius 3 is 2.50 bits per heavy atom. The number of nitrogen functional groups attached to an aromatic ring is 1. The molecule has 18 heavy (non-hydrogen) atoms. The van der Waals surface area contributed by atoms with E-state index in [0.29, 0.717) is 11.3 Å². The molecule has 0 aliphatic rings. The Kier molecular flexibility index (Phi) is 4.93. The molecule has 0 heterocycles. The Balaban J connectivity index is 2.50. The molecule has 1 rings (SSSR count). The molecule has 100 valence electrons. The average Bonchev–Trinajstić information content (AvgIpc) is 2.27. The number of benzene rings is 1. The molecule has 0 fully saturated rings. The Morgan fingerprint density at radius 1 is 1.22 bits per heavy atom. The van der Waals surface area contributed by atoms with E-state index >= 15 is 0 Å². The van der Waals surface area contributed by atoms with Gasteiger partial charge in [-0.1, -0.05) is 18.2 Å². The molecule has 0 aliphatic heterocycles. The monoisotopic (exact) mass is 272 g/mol. The Labute approximate surface area is 106 Å². The van der Waals surface area contributed by atoms with Gasteiger partial charge in [0.15, 0.2) is 0 Å². The smallest absolute Gasteiger partial charge is 0.312 e. The van der Waals surface area contributed by atoms with Crippen LogP contribution < -0.4 is 21.5 Å². The van der Waals surface area contributed by atoms with Crippen LogP contribution in [0.4, 0.5) is 10.5 Å². The fourth-order valence-electron chi connectivity index (χ4n) is 1.31. The van der Waals surface area contributed by atoms with Crippen LogP contribution in [0.1, 0.15) is 5.56 Å². The highest BCUT2D eigenvalue weighted by Crippen LogP contribution is 2.13. The number of hydrogen-bond acceptors (Lipinski definition) is 4. The number of hydrogen-bond donors (Lipinski definition) is 4. The number of para-hydroxylation sites is 1. The number of anilines is 1. The second-order valence-electron chi connectivity index (χ2n) is 3.64. The lowest BCUT2D eigenvalue weighted by Gasteiger charge is -2.08. The average molecular weight is 272 g/mol. The van der Waals surface area contributed by atoms with Gasteiger partial charge in [-0.2, -0.15) is 0 Å². The van der Waals surface area contributed by atoms with Crippen LogP contribution in [0, 0.1) is 0 Å². The van der Waals surface area contributed by atoms with Gasteiger partial charge in [0.25, 0.3) is 0 Å². The van der Waals surface area contributed by atoms with Crippen LogP contribution in [0.15, 0.2) is 24.3 Å². The first-order chi connectivity index (χ1) is 8.41. The SMILES string of the molecule is NC(=O)NCCNS(=O)(=O)Cc1ccccc1N. The zero-order valence-electron chi connectivity index (χ0n) is 9.72. The molecule has 0 spiro atoms. The van der Waals surface area contributed by atoms with E-state index in [9.17, 15) is 13.2 Å². The predicted molar refractivity (Wildman–Crippen MR) is 69.1 cm³/mol. The molecule has 0 aromatic heterocycles. The third kappa shape index (κ3) is 5.02. The van der Waals surface area contributed by atoms with Gasteiger partial charge in [0.1, 0.15) is 0 Å². The second kappa shape index (κ2) is 6.22. The minimum Gasteiger partial charge on any atom is -0.398 e. The summed E-state index contributed by atoms with van der Waals surface area (Å²) in [5, 5.41) is 2.28. The van der Waals surface area contributed by atoms with Crippen LogP contribution >= 0.6 is 0 Å². The van der Waals surface area contributed by atoms with Gasteiger partial charge in [0.2, 0.25) is 10.0 Å². The molecule has 0 saturated heterocycles. The molecule has 6 N–H and O–H groups in total. The minimum atomic E-state index is -3.48. The summed E-state index contributed by atoms with van der Waals surface area (Å²) in [5.74, 6) is -0.198. The van der Waals surface area contributed by atoms with E-state index in [1.807, 2.05) is 0 Å². The van der Waals surface area contributed by atoms with E-state index in [2.05, 4.69) is 10.0 Å². The van der Waals surface area contributed by atoms with Crippen LogP contribution in [0.3, 0.4) is 0 Å². The van der Waals surface area contributed by atoms with Crippen LogP contribution in [0.2, 0.25) is 0 Å². The lowest BCUT2D eigenvalue weighted by molar-refractivity contribution is 0.249. The maximum absolute atomic E-state index is 11.7. The first kappa shape index (κ1) is 14.3. The fraction of sp³-hybridized carbons (Fsp3) is 0.300. The van der Waals surface area contributed by atoms with E-state index in [1.54, 1.807) is 24.3 Å². The number of rotatable bonds is 6. The number of carbonyl (C=O) groups excluding carboxylic acids is 1. The predicted octanol–water partition coefficient (Wildman–Crippen LogP) is -0.643. The highest BCUT2D eigenvalue weighted by molar-refractivity contribution is 7.88. The molecule has 1 aromatic rings. The largest absolute Gasteiger partial charge is 0.398 e. The van der Waals surface area contributed by atoms with Gasteiger partial charge in [0, 0.05) is 18.8 Å². The lowest BCUT2D eigenvalue weighted by Crippen LogP contribution is -2.37. The van der Waals surface area contributed by atoms with Gasteiger partial charge in [-0.25, -0.2) is 17.9 Å². The quantitative estimate of drug-likeness (QED) is 0.405. The number of urea groups is 1. The van der Waals surface area contributed by atoms with E-state index in [1.165, 1.54) is 0 Å². The van der Waals surface area contributed by atoms with Gasteiger partial charge in [0.05, 0.1) is 5.75 Å². The van der Waals surface area contributed by atoms with Gasteiger partial charge in [-0.15, -0.1) is 0 Å². The van der Waals surface area contributed by atoms with Gasteiger partial charge >= 0.3 is 6.03 Å². The first-order valence-corrected chi connectivity index (χ1v) is 6.90. The fourth-order valence-corrected chi connectivity index (χ4v) is 2.50. The zero-order valence-corrected chi connectivity index (χ0v) is 10.5. The van der Waals surface area contributed by atoms with Crippen LogP contribution in [-0.4, -0.2) is 27.5 Å². The normalized spacial score (nSPS) is 11.1. The summed E-state index contributed by atoms with van der Waals surface area (Å²) in [4.78, 5) is 10.4. The minimum absolute atomic E-state index is 0.0814. The molecule has 0 saturated carbocycles. The van der Waals surface area contributed by atoms with Crippen molar-refractivity contribution in [2.75, 3.05) is 18.8 Å². The van der Waals surface area contributed by atoms with Crippen molar-refractivity contribution in [1.82, 2.24) is 10.0 Å². The topological polar surface area (TPSA) is 127 Å². The molecule has 0 atom stereocenters. The standard InChI is InChI=1S/C10H16N4O3S/c11-9-4-2-1-3-8(9)7-18(16,17)14-6-5-13-10(12)15/h1-4,14H,5-7,11H2,(H3,12,13,15). The number of nitrogens with one attached hydrogen (secondary N) is 2. The summed E-state index contributed by atoms with van der Waals surface area (Å²) in [6.07, 6.45) is 0. The van der Waals surface area contributed by atoms with Crippen molar-refractivity contribution >= 4 is 21.7 Å². The molecule has 1 aromatic carbocycles. The van der Waals surface area contributed by atoms with Gasteiger partial charge in [-0.05, 0) is 11.6 Å².